The summed E-state index contributed by atoms with van der Waals surface area (Å²) in [6.07, 6.45) is 4.12. The minimum atomic E-state index is -0.792. The lowest BCUT2D eigenvalue weighted by Gasteiger charge is -2.30. The molecule has 2 saturated heterocycles. The number of rotatable bonds is 4. The maximum Gasteiger partial charge on any atom is 0.308 e. The lowest BCUT2D eigenvalue weighted by molar-refractivity contribution is -0.145. The molecule has 0 radical (unpaired) electrons. The van der Waals surface area contributed by atoms with Gasteiger partial charge in [0.25, 0.3) is 0 Å². The van der Waals surface area contributed by atoms with Crippen molar-refractivity contribution >= 4 is 17.8 Å². The van der Waals surface area contributed by atoms with Crippen LogP contribution >= 0.6 is 0 Å². The quantitative estimate of drug-likeness (QED) is 0.841. The van der Waals surface area contributed by atoms with Crippen molar-refractivity contribution in [3.05, 3.63) is 0 Å². The molecule has 3 atom stereocenters. The molecule has 6 nitrogen and oxygen atoms in total. The normalized spacial score (nSPS) is 30.0. The fourth-order valence-corrected chi connectivity index (χ4v) is 4.36. The van der Waals surface area contributed by atoms with Gasteiger partial charge in [-0.25, -0.2) is 0 Å². The summed E-state index contributed by atoms with van der Waals surface area (Å²) in [5.41, 5.74) is -0.105. The van der Waals surface area contributed by atoms with Crippen molar-refractivity contribution in [3.8, 4) is 0 Å². The van der Waals surface area contributed by atoms with Crippen molar-refractivity contribution in [3.63, 3.8) is 0 Å². The van der Waals surface area contributed by atoms with Crippen LogP contribution in [0.1, 0.15) is 52.9 Å². The second kappa shape index (κ2) is 6.61. The van der Waals surface area contributed by atoms with E-state index < -0.39 is 17.9 Å². The van der Waals surface area contributed by atoms with Crippen LogP contribution in [0.3, 0.4) is 0 Å². The first-order valence-electron chi connectivity index (χ1n) is 9.48. The highest BCUT2D eigenvalue weighted by molar-refractivity contribution is 5.89. The van der Waals surface area contributed by atoms with Gasteiger partial charge in [0.05, 0.1) is 5.92 Å². The van der Waals surface area contributed by atoms with E-state index in [-0.39, 0.29) is 23.1 Å². The summed E-state index contributed by atoms with van der Waals surface area (Å²) in [6, 6.07) is -0.401. The molecule has 0 aromatic carbocycles. The predicted molar refractivity (Wildman–Crippen MR) is 92.7 cm³/mol. The molecule has 0 bridgehead atoms. The van der Waals surface area contributed by atoms with Crippen molar-refractivity contribution in [2.75, 3.05) is 19.6 Å². The van der Waals surface area contributed by atoms with E-state index in [1.54, 1.807) is 9.80 Å². The molecule has 0 aromatic rings. The van der Waals surface area contributed by atoms with Gasteiger partial charge in [0, 0.05) is 26.1 Å². The number of likely N-dealkylation sites (tertiary alicyclic amines) is 2. The molecule has 2 aliphatic heterocycles. The van der Waals surface area contributed by atoms with Crippen molar-refractivity contribution in [1.29, 1.82) is 0 Å². The first kappa shape index (κ1) is 18.2. The number of nitrogens with zero attached hydrogens (tertiary/aromatic N) is 2. The third kappa shape index (κ3) is 3.98. The summed E-state index contributed by atoms with van der Waals surface area (Å²) in [6.45, 7) is 7.54. The summed E-state index contributed by atoms with van der Waals surface area (Å²) in [4.78, 5) is 40.6. The van der Waals surface area contributed by atoms with Crippen LogP contribution < -0.4 is 0 Å². The molecule has 2 amide bonds. The van der Waals surface area contributed by atoms with Gasteiger partial charge >= 0.3 is 5.97 Å². The fraction of sp³-hybridized carbons (Fsp3) is 0.842. The van der Waals surface area contributed by atoms with Crippen LogP contribution in [0.25, 0.3) is 0 Å². The van der Waals surface area contributed by atoms with Gasteiger partial charge in [0.1, 0.15) is 6.04 Å². The van der Waals surface area contributed by atoms with Crippen molar-refractivity contribution in [2.24, 2.45) is 23.2 Å². The van der Waals surface area contributed by atoms with Gasteiger partial charge in [-0.3, -0.25) is 14.4 Å². The van der Waals surface area contributed by atoms with E-state index in [0.717, 1.165) is 19.3 Å². The first-order valence-corrected chi connectivity index (χ1v) is 9.48. The number of carboxylic acid groups (broad SMARTS) is 1. The monoisotopic (exact) mass is 350 g/mol. The maximum atomic E-state index is 13.0. The zero-order chi connectivity index (χ0) is 18.4. The molecule has 3 fully saturated rings. The van der Waals surface area contributed by atoms with Gasteiger partial charge < -0.3 is 14.9 Å². The highest BCUT2D eigenvalue weighted by Gasteiger charge is 2.48. The topological polar surface area (TPSA) is 77.9 Å². The molecule has 2 heterocycles. The minimum absolute atomic E-state index is 0.0380. The third-order valence-corrected chi connectivity index (χ3v) is 5.76. The van der Waals surface area contributed by atoms with E-state index in [1.165, 1.54) is 0 Å². The smallest absolute Gasteiger partial charge is 0.308 e. The summed E-state index contributed by atoms with van der Waals surface area (Å²) in [7, 11) is 0. The van der Waals surface area contributed by atoms with Crippen molar-refractivity contribution in [1.82, 2.24) is 9.80 Å². The first-order chi connectivity index (χ1) is 11.7. The van der Waals surface area contributed by atoms with Crippen LogP contribution in [0.5, 0.6) is 0 Å². The summed E-state index contributed by atoms with van der Waals surface area (Å²) >= 11 is 0. The Morgan fingerprint density at radius 1 is 1.08 bits per heavy atom. The maximum absolute atomic E-state index is 13.0. The molecule has 6 heteroatoms. The Morgan fingerprint density at radius 3 is 2.32 bits per heavy atom. The lowest BCUT2D eigenvalue weighted by Crippen LogP contribution is -2.48. The number of hydrogen-bond acceptors (Lipinski definition) is 3. The Balaban J connectivity index is 1.67. The van der Waals surface area contributed by atoms with Gasteiger partial charge in [-0.2, -0.15) is 0 Å². The molecule has 0 spiro atoms. The van der Waals surface area contributed by atoms with Gasteiger partial charge in [0.2, 0.25) is 11.8 Å². The van der Waals surface area contributed by atoms with Crippen LogP contribution in [0, 0.1) is 23.2 Å². The molecule has 1 aliphatic carbocycles. The molecule has 3 aliphatic rings. The largest absolute Gasteiger partial charge is 0.481 e. The van der Waals surface area contributed by atoms with Gasteiger partial charge in [-0.05, 0) is 42.9 Å². The number of carboxylic acids is 1. The zero-order valence-electron chi connectivity index (χ0n) is 15.5. The Morgan fingerprint density at radius 2 is 1.76 bits per heavy atom. The minimum Gasteiger partial charge on any atom is -0.481 e. The molecule has 3 rings (SSSR count). The van der Waals surface area contributed by atoms with Crippen LogP contribution in [0.4, 0.5) is 0 Å². The van der Waals surface area contributed by atoms with Crippen LogP contribution in [0.15, 0.2) is 0 Å². The van der Waals surface area contributed by atoms with Crippen molar-refractivity contribution in [2.45, 2.75) is 58.9 Å². The van der Waals surface area contributed by atoms with Gasteiger partial charge in [0.15, 0.2) is 0 Å². The SMILES string of the molecule is CC(C)(C)CC(=O)N1CCCC1C(=O)N1C[C@H](C(=O)O)[C@@H](C2CC2)C1. The predicted octanol–water partition coefficient (Wildman–Crippen LogP) is 1.98. The second-order valence-electron chi connectivity index (χ2n) is 9.17. The summed E-state index contributed by atoms with van der Waals surface area (Å²) in [5, 5.41) is 9.49. The van der Waals surface area contributed by atoms with E-state index in [9.17, 15) is 19.5 Å². The van der Waals surface area contributed by atoms with Gasteiger partial charge in [-0.15, -0.1) is 0 Å². The molecule has 1 unspecified atom stereocenters. The Bertz CT molecular complexity index is 564. The number of hydrogen-bond donors (Lipinski definition) is 1. The number of carbonyl (C=O) groups is 3. The average Bonchev–Trinajstić information content (AvgIpc) is 3.07. The Hall–Kier alpha value is -1.59. The van der Waals surface area contributed by atoms with E-state index in [1.807, 2.05) is 20.8 Å². The molecule has 0 aromatic heterocycles. The molecular weight excluding hydrogens is 320 g/mol. The molecule has 1 N–H and O–H groups in total. The summed E-state index contributed by atoms with van der Waals surface area (Å²) < 4.78 is 0. The Labute approximate surface area is 149 Å². The molecular formula is C19H30N2O4. The average molecular weight is 350 g/mol. The lowest BCUT2D eigenvalue weighted by atomic mass is 9.91. The van der Waals surface area contributed by atoms with Gasteiger partial charge in [-0.1, -0.05) is 20.8 Å². The van der Waals surface area contributed by atoms with Crippen LogP contribution in [-0.4, -0.2) is 58.4 Å². The van der Waals surface area contributed by atoms with Crippen molar-refractivity contribution < 1.29 is 19.5 Å². The molecule has 140 valence electrons. The zero-order valence-corrected chi connectivity index (χ0v) is 15.5. The van der Waals surface area contributed by atoms with E-state index in [2.05, 4.69) is 0 Å². The molecule has 25 heavy (non-hydrogen) atoms. The summed E-state index contributed by atoms with van der Waals surface area (Å²) in [5.74, 6) is -0.705. The highest BCUT2D eigenvalue weighted by atomic mass is 16.4. The second-order valence-corrected chi connectivity index (χ2v) is 9.17. The van der Waals surface area contributed by atoms with Crippen LogP contribution in [-0.2, 0) is 14.4 Å². The van der Waals surface area contributed by atoms with E-state index >= 15 is 0 Å². The standard InChI is InChI=1S/C19H30N2O4/c1-19(2,3)9-16(22)21-8-4-5-15(21)17(23)20-10-13(12-6-7-12)14(11-20)18(24)25/h12-15H,4-11H2,1-3H3,(H,24,25)/t13-,14+,15?/m1/s1. The van der Waals surface area contributed by atoms with E-state index in [4.69, 9.17) is 0 Å². The van der Waals surface area contributed by atoms with E-state index in [0.29, 0.717) is 38.4 Å². The molecule has 1 saturated carbocycles. The number of aliphatic carboxylic acids is 1. The number of carbonyl (C=O) groups excluding carboxylic acids is 2. The number of amides is 2. The van der Waals surface area contributed by atoms with Crippen LogP contribution in [0.2, 0.25) is 0 Å². The fourth-order valence-electron chi connectivity index (χ4n) is 4.36. The third-order valence-electron chi connectivity index (χ3n) is 5.76. The Kier molecular flexibility index (Phi) is 4.82. The highest BCUT2D eigenvalue weighted by Crippen LogP contribution is 2.44.